The van der Waals surface area contributed by atoms with Crippen molar-refractivity contribution in [1.29, 1.82) is 5.26 Å². The Hall–Kier alpha value is -0.440. The molecule has 1 aromatic heterocycles. The van der Waals surface area contributed by atoms with Gasteiger partial charge in [-0.05, 0) is 0 Å². The summed E-state index contributed by atoms with van der Waals surface area (Å²) in [7, 11) is 0. The first kappa shape index (κ1) is 6.68. The third kappa shape index (κ3) is 1.10. The van der Waals surface area contributed by atoms with Crippen LogP contribution in [0.1, 0.15) is 5.56 Å². The predicted octanol–water partition coefficient (Wildman–Crippen LogP) is 0.826. The molecule has 0 bridgehead atoms. The average molecular weight is 172 g/mol. The summed E-state index contributed by atoms with van der Waals surface area (Å²) in [6, 6.07) is 1.88. The van der Waals surface area contributed by atoms with Gasteiger partial charge in [0.1, 0.15) is 0 Å². The monoisotopic (exact) mass is 172 g/mol. The third-order valence-electron chi connectivity index (χ3n) is 0.741. The van der Waals surface area contributed by atoms with E-state index in [0.717, 1.165) is 11.5 Å². The molecule has 2 nitrogen and oxygen atoms in total. The van der Waals surface area contributed by atoms with Gasteiger partial charge in [0.2, 0.25) is 0 Å². The van der Waals surface area contributed by atoms with Crippen molar-refractivity contribution in [3.63, 3.8) is 0 Å². The van der Waals surface area contributed by atoms with Crippen molar-refractivity contribution < 1.29 is 0 Å². The van der Waals surface area contributed by atoms with Crippen molar-refractivity contribution in [2.45, 2.75) is 9.24 Å². The molecule has 1 heterocycles. The second-order valence-corrected chi connectivity index (χ2v) is 3.09. The zero-order valence-corrected chi connectivity index (χ0v) is 6.57. The highest BCUT2D eigenvalue weighted by atomic mass is 32.2. The topological polar surface area (TPSA) is 36.7 Å². The summed E-state index contributed by atoms with van der Waals surface area (Å²) in [5.74, 6) is 0. The van der Waals surface area contributed by atoms with E-state index < -0.39 is 0 Å². The number of aromatic nitrogens is 1. The number of rotatable bonds is 0. The van der Waals surface area contributed by atoms with Crippen LogP contribution in [0.2, 0.25) is 0 Å². The first-order valence-electron chi connectivity index (χ1n) is 1.99. The summed E-state index contributed by atoms with van der Waals surface area (Å²) >= 11 is 10.5. The Kier molecular flexibility index (Phi) is 1.81. The van der Waals surface area contributed by atoms with Crippen LogP contribution in [0.15, 0.2) is 9.24 Å². The van der Waals surface area contributed by atoms with Crippen LogP contribution in [0.5, 0.6) is 0 Å². The van der Waals surface area contributed by atoms with Crippen LogP contribution in [0.25, 0.3) is 0 Å². The zero-order valence-electron chi connectivity index (χ0n) is 4.12. The van der Waals surface area contributed by atoms with Gasteiger partial charge in [-0.1, -0.05) is 9.24 Å². The van der Waals surface area contributed by atoms with Gasteiger partial charge < -0.3 is 29.6 Å². The van der Waals surface area contributed by atoms with E-state index in [4.69, 9.17) is 17.9 Å². The zero-order chi connectivity index (χ0) is 6.85. The Morgan fingerprint density at radius 2 is 2.22 bits per heavy atom. The van der Waals surface area contributed by atoms with Gasteiger partial charge in [-0.3, -0.25) is 11.5 Å². The molecule has 1 aromatic rings. The fourth-order valence-corrected chi connectivity index (χ4v) is 1.49. The van der Waals surface area contributed by atoms with E-state index in [1.807, 2.05) is 6.07 Å². The molecule has 0 radical (unpaired) electrons. The van der Waals surface area contributed by atoms with Crippen LogP contribution in [-0.2, 0) is 25.3 Å². The van der Waals surface area contributed by atoms with Gasteiger partial charge in [-0.2, -0.15) is 5.26 Å². The molecule has 1 rings (SSSR count). The summed E-state index contributed by atoms with van der Waals surface area (Å²) in [4.78, 5) is 0. The van der Waals surface area contributed by atoms with E-state index in [9.17, 15) is 0 Å². The van der Waals surface area contributed by atoms with Crippen LogP contribution < -0.4 is 0 Å². The van der Waals surface area contributed by atoms with Crippen molar-refractivity contribution >= 4 is 36.8 Å². The standard InChI is InChI=1S/C4H2N2S3/c5-1-2-3(7)6-9-4(2)8/h8H,(H,6,7)/p-2. The van der Waals surface area contributed by atoms with Gasteiger partial charge >= 0.3 is 0 Å². The van der Waals surface area contributed by atoms with Crippen molar-refractivity contribution in [2.75, 3.05) is 0 Å². The fourth-order valence-electron chi connectivity index (χ4n) is 0.355. The Balaban J connectivity index is 3.27. The van der Waals surface area contributed by atoms with E-state index in [1.54, 1.807) is 0 Å². The minimum atomic E-state index is 0.326. The summed E-state index contributed by atoms with van der Waals surface area (Å²) in [5, 5.41) is 8.70. The highest BCUT2D eigenvalue weighted by molar-refractivity contribution is 7.63. The van der Waals surface area contributed by atoms with E-state index in [2.05, 4.69) is 17.0 Å². The molecule has 0 aliphatic rings. The normalized spacial score (nSPS) is 8.78. The van der Waals surface area contributed by atoms with Crippen molar-refractivity contribution in [2.24, 2.45) is 0 Å². The average Bonchev–Trinajstić information content (AvgIpc) is 2.12. The minimum absolute atomic E-state index is 0.326. The molecule has 0 saturated carbocycles. The first-order chi connectivity index (χ1) is 4.25. The fraction of sp³-hybridized carbons (Fsp3) is 0. The summed E-state index contributed by atoms with van der Waals surface area (Å²) in [5.41, 5.74) is 0.366. The quantitative estimate of drug-likeness (QED) is 0.543. The number of nitrogens with zero attached hydrogens (tertiary/aromatic N) is 2. The molecular weight excluding hydrogens is 172 g/mol. The lowest BCUT2D eigenvalue weighted by Crippen LogP contribution is -1.74. The maximum atomic E-state index is 8.37. The maximum Gasteiger partial charge on any atom is 0.0981 e. The molecular formula is C4N2S3-2. The predicted molar refractivity (Wildman–Crippen MR) is 38.1 cm³/mol. The smallest absolute Gasteiger partial charge is 0.0981 e. The Bertz CT molecular complexity index is 240. The molecule has 0 atom stereocenters. The van der Waals surface area contributed by atoms with Crippen molar-refractivity contribution in [3.8, 4) is 6.07 Å². The molecule has 9 heavy (non-hydrogen) atoms. The molecule has 5 heteroatoms. The van der Waals surface area contributed by atoms with Gasteiger partial charge in [-0.15, -0.1) is 0 Å². The lowest BCUT2D eigenvalue weighted by molar-refractivity contribution is 1.24. The van der Waals surface area contributed by atoms with E-state index in [1.165, 1.54) is 0 Å². The summed E-state index contributed by atoms with van der Waals surface area (Å²) < 4.78 is 4.21. The lowest BCUT2D eigenvalue weighted by Gasteiger charge is -1.98. The summed E-state index contributed by atoms with van der Waals surface area (Å²) in [6.07, 6.45) is 0. The highest BCUT2D eigenvalue weighted by Gasteiger charge is 1.89. The molecule has 0 aliphatic heterocycles. The molecule has 0 spiro atoms. The third-order valence-corrected chi connectivity index (χ3v) is 2.22. The molecule has 0 fully saturated rings. The number of hydrogen-bond donors (Lipinski definition) is 0. The van der Waals surface area contributed by atoms with Gasteiger partial charge in [0.25, 0.3) is 0 Å². The van der Waals surface area contributed by atoms with Crippen molar-refractivity contribution in [3.05, 3.63) is 5.56 Å². The molecule has 0 aliphatic carbocycles. The van der Waals surface area contributed by atoms with Crippen LogP contribution in [0.4, 0.5) is 0 Å². The van der Waals surface area contributed by atoms with Gasteiger partial charge in [0.05, 0.1) is 6.07 Å². The molecule has 0 saturated heterocycles. The SMILES string of the molecule is N#Cc1c([S-])nsc1[S-]. The lowest BCUT2D eigenvalue weighted by atomic mass is 10.4. The van der Waals surface area contributed by atoms with Gasteiger partial charge in [0.15, 0.2) is 0 Å². The molecule has 0 aromatic carbocycles. The molecule has 46 valence electrons. The first-order valence-corrected chi connectivity index (χ1v) is 3.58. The van der Waals surface area contributed by atoms with Gasteiger partial charge in [0, 0.05) is 5.56 Å². The minimum Gasteiger partial charge on any atom is -0.760 e. The Morgan fingerprint density at radius 3 is 2.44 bits per heavy atom. The van der Waals surface area contributed by atoms with E-state index >= 15 is 0 Å². The second kappa shape index (κ2) is 2.43. The number of nitriles is 1. The van der Waals surface area contributed by atoms with Crippen LogP contribution in [-0.4, -0.2) is 4.37 Å². The molecule has 0 amide bonds. The van der Waals surface area contributed by atoms with Crippen LogP contribution >= 0.6 is 11.5 Å². The number of hydrogen-bond acceptors (Lipinski definition) is 5. The van der Waals surface area contributed by atoms with Crippen LogP contribution in [0.3, 0.4) is 0 Å². The van der Waals surface area contributed by atoms with Gasteiger partial charge in [-0.25, -0.2) is 0 Å². The second-order valence-electron chi connectivity index (χ2n) is 1.26. The largest absolute Gasteiger partial charge is 0.760 e. The van der Waals surface area contributed by atoms with Crippen molar-refractivity contribution in [1.82, 2.24) is 4.37 Å². The molecule has 0 N–H and O–H groups in total. The highest BCUT2D eigenvalue weighted by Crippen LogP contribution is 2.15. The maximum absolute atomic E-state index is 8.37. The Labute approximate surface area is 67.5 Å². The summed E-state index contributed by atoms with van der Waals surface area (Å²) in [6.45, 7) is 0. The van der Waals surface area contributed by atoms with Crippen LogP contribution in [0, 0.1) is 11.3 Å². The molecule has 0 unspecified atom stereocenters. The van der Waals surface area contributed by atoms with E-state index in [-0.39, 0.29) is 0 Å². The Morgan fingerprint density at radius 1 is 1.56 bits per heavy atom. The van der Waals surface area contributed by atoms with E-state index in [0.29, 0.717) is 14.8 Å².